The molecule has 3 aromatic carbocycles. The first kappa shape index (κ1) is 17.5. The van der Waals surface area contributed by atoms with E-state index in [9.17, 15) is 4.79 Å². The Hall–Kier alpha value is -2.87. The molecule has 0 saturated carbocycles. The van der Waals surface area contributed by atoms with Crippen LogP contribution in [-0.4, -0.2) is 11.9 Å². The summed E-state index contributed by atoms with van der Waals surface area (Å²) in [6.45, 7) is 0. The molecular formula is C25H25NO. The van der Waals surface area contributed by atoms with Gasteiger partial charge in [0.2, 0.25) is 5.91 Å². The Labute approximate surface area is 161 Å². The summed E-state index contributed by atoms with van der Waals surface area (Å²) in [4.78, 5) is 12.5. The first-order chi connectivity index (χ1) is 13.3. The van der Waals surface area contributed by atoms with Crippen molar-refractivity contribution in [1.82, 2.24) is 5.32 Å². The van der Waals surface area contributed by atoms with Crippen molar-refractivity contribution in [2.45, 2.75) is 37.6 Å². The molecule has 0 bridgehead atoms. The molecule has 0 fully saturated rings. The van der Waals surface area contributed by atoms with E-state index in [1.165, 1.54) is 22.3 Å². The highest BCUT2D eigenvalue weighted by atomic mass is 16.1. The second-order valence-electron chi connectivity index (χ2n) is 7.35. The van der Waals surface area contributed by atoms with E-state index in [2.05, 4.69) is 72.0 Å². The van der Waals surface area contributed by atoms with Gasteiger partial charge in [0.05, 0.1) is 0 Å². The van der Waals surface area contributed by atoms with Gasteiger partial charge in [-0.2, -0.15) is 0 Å². The van der Waals surface area contributed by atoms with E-state index < -0.39 is 0 Å². The van der Waals surface area contributed by atoms with Gasteiger partial charge >= 0.3 is 0 Å². The van der Waals surface area contributed by atoms with Crippen LogP contribution in [0.2, 0.25) is 0 Å². The summed E-state index contributed by atoms with van der Waals surface area (Å²) in [5, 5.41) is 3.29. The molecule has 1 amide bonds. The zero-order valence-corrected chi connectivity index (χ0v) is 15.5. The zero-order chi connectivity index (χ0) is 18.5. The Morgan fingerprint density at radius 3 is 2.30 bits per heavy atom. The molecule has 0 radical (unpaired) electrons. The number of aryl methyl sites for hydroxylation is 1. The van der Waals surface area contributed by atoms with E-state index in [-0.39, 0.29) is 11.9 Å². The lowest BCUT2D eigenvalue weighted by Crippen LogP contribution is -2.40. The third-order valence-corrected chi connectivity index (χ3v) is 5.47. The van der Waals surface area contributed by atoms with Crippen molar-refractivity contribution < 1.29 is 4.79 Å². The van der Waals surface area contributed by atoms with Crippen LogP contribution < -0.4 is 5.32 Å². The van der Waals surface area contributed by atoms with Crippen LogP contribution in [0.25, 0.3) is 0 Å². The summed E-state index contributed by atoms with van der Waals surface area (Å²) < 4.78 is 0. The van der Waals surface area contributed by atoms with Crippen LogP contribution in [0.15, 0.2) is 84.9 Å². The van der Waals surface area contributed by atoms with Gasteiger partial charge in [-0.3, -0.25) is 4.79 Å². The van der Waals surface area contributed by atoms with Gasteiger partial charge in [0.15, 0.2) is 0 Å². The highest BCUT2D eigenvalue weighted by Crippen LogP contribution is 2.36. The number of benzene rings is 3. The number of carbonyl (C=O) groups excluding carboxylic acids is 1. The molecule has 0 heterocycles. The average molecular weight is 355 g/mol. The molecule has 1 aliphatic rings. The van der Waals surface area contributed by atoms with Crippen molar-refractivity contribution in [2.24, 2.45) is 0 Å². The van der Waals surface area contributed by atoms with Crippen molar-refractivity contribution in [3.05, 3.63) is 107 Å². The van der Waals surface area contributed by atoms with Gasteiger partial charge in [-0.1, -0.05) is 84.9 Å². The number of amides is 1. The van der Waals surface area contributed by atoms with E-state index in [4.69, 9.17) is 0 Å². The molecule has 3 aromatic rings. The third-order valence-electron chi connectivity index (χ3n) is 5.47. The standard InChI is InChI=1S/C25H25NO/c27-25(16-15-19-9-3-1-4-10-19)26-22-17-21-13-7-8-14-23(21)24(18-22)20-11-5-2-6-12-20/h1-14,22,24H,15-18H2,(H,26,27)/t22-,24-/m1/s1. The summed E-state index contributed by atoms with van der Waals surface area (Å²) in [5.41, 5.74) is 5.29. The van der Waals surface area contributed by atoms with Crippen molar-refractivity contribution >= 4 is 5.91 Å². The summed E-state index contributed by atoms with van der Waals surface area (Å²) >= 11 is 0. The number of fused-ring (bicyclic) bond motifs is 1. The smallest absolute Gasteiger partial charge is 0.220 e. The molecule has 0 unspecified atom stereocenters. The molecule has 0 spiro atoms. The second kappa shape index (κ2) is 8.22. The van der Waals surface area contributed by atoms with E-state index in [0.29, 0.717) is 12.3 Å². The topological polar surface area (TPSA) is 29.1 Å². The summed E-state index contributed by atoms with van der Waals surface area (Å²) in [5.74, 6) is 0.491. The van der Waals surface area contributed by atoms with Gasteiger partial charge in [-0.05, 0) is 41.5 Å². The molecule has 136 valence electrons. The van der Waals surface area contributed by atoms with Crippen LogP contribution >= 0.6 is 0 Å². The molecule has 0 saturated heterocycles. The van der Waals surface area contributed by atoms with Crippen molar-refractivity contribution in [3.8, 4) is 0 Å². The molecule has 2 heteroatoms. The average Bonchev–Trinajstić information content (AvgIpc) is 2.73. The largest absolute Gasteiger partial charge is 0.353 e. The number of rotatable bonds is 5. The maximum absolute atomic E-state index is 12.5. The summed E-state index contributed by atoms with van der Waals surface area (Å²) in [6.07, 6.45) is 3.20. The Morgan fingerprint density at radius 1 is 0.852 bits per heavy atom. The lowest BCUT2D eigenvalue weighted by Gasteiger charge is -2.32. The molecule has 1 N–H and O–H groups in total. The summed E-state index contributed by atoms with van der Waals surface area (Å²) in [7, 11) is 0. The van der Waals surface area contributed by atoms with E-state index >= 15 is 0 Å². The molecule has 27 heavy (non-hydrogen) atoms. The number of hydrogen-bond donors (Lipinski definition) is 1. The monoisotopic (exact) mass is 355 g/mol. The van der Waals surface area contributed by atoms with Gasteiger partial charge in [0, 0.05) is 18.4 Å². The lowest BCUT2D eigenvalue weighted by molar-refractivity contribution is -0.121. The molecule has 4 rings (SSSR count). The quantitative estimate of drug-likeness (QED) is 0.694. The molecule has 2 nitrogen and oxygen atoms in total. The minimum absolute atomic E-state index is 0.148. The van der Waals surface area contributed by atoms with Crippen LogP contribution in [-0.2, 0) is 17.6 Å². The molecule has 0 aliphatic heterocycles. The Morgan fingerprint density at radius 2 is 1.52 bits per heavy atom. The number of hydrogen-bond acceptors (Lipinski definition) is 1. The zero-order valence-electron chi connectivity index (χ0n) is 15.5. The van der Waals surface area contributed by atoms with Crippen LogP contribution in [0.1, 0.15) is 41.0 Å². The SMILES string of the molecule is O=C(CCc1ccccc1)N[C@@H]1Cc2ccccc2[C@@H](c2ccccc2)C1. The maximum Gasteiger partial charge on any atom is 0.220 e. The van der Waals surface area contributed by atoms with Crippen molar-refractivity contribution in [1.29, 1.82) is 0 Å². The minimum atomic E-state index is 0.148. The Balaban J connectivity index is 1.45. The predicted octanol–water partition coefficient (Wildman–Crippen LogP) is 4.88. The van der Waals surface area contributed by atoms with E-state index in [1.54, 1.807) is 0 Å². The fourth-order valence-corrected chi connectivity index (χ4v) is 4.13. The highest BCUT2D eigenvalue weighted by Gasteiger charge is 2.28. The Kier molecular flexibility index (Phi) is 5.34. The van der Waals surface area contributed by atoms with Gasteiger partial charge in [0.1, 0.15) is 0 Å². The molecule has 0 aromatic heterocycles. The predicted molar refractivity (Wildman–Crippen MR) is 110 cm³/mol. The fourth-order valence-electron chi connectivity index (χ4n) is 4.13. The van der Waals surface area contributed by atoms with Crippen molar-refractivity contribution in [3.63, 3.8) is 0 Å². The highest BCUT2D eigenvalue weighted by molar-refractivity contribution is 5.76. The van der Waals surface area contributed by atoms with Gasteiger partial charge in [0.25, 0.3) is 0 Å². The molecule has 1 aliphatic carbocycles. The first-order valence-corrected chi connectivity index (χ1v) is 9.75. The first-order valence-electron chi connectivity index (χ1n) is 9.75. The van der Waals surface area contributed by atoms with Crippen molar-refractivity contribution in [2.75, 3.05) is 0 Å². The van der Waals surface area contributed by atoms with Crippen LogP contribution in [0.5, 0.6) is 0 Å². The normalized spacial score (nSPS) is 18.5. The van der Waals surface area contributed by atoms with Crippen LogP contribution in [0.4, 0.5) is 0 Å². The molecule has 2 atom stereocenters. The Bertz CT molecular complexity index is 888. The van der Waals surface area contributed by atoms with E-state index in [0.717, 1.165) is 19.3 Å². The third kappa shape index (κ3) is 4.28. The summed E-state index contributed by atoms with van der Waals surface area (Å²) in [6, 6.07) is 29.7. The van der Waals surface area contributed by atoms with Gasteiger partial charge in [-0.15, -0.1) is 0 Å². The lowest BCUT2D eigenvalue weighted by atomic mass is 9.76. The van der Waals surface area contributed by atoms with Crippen LogP contribution in [0, 0.1) is 0 Å². The van der Waals surface area contributed by atoms with Crippen LogP contribution in [0.3, 0.4) is 0 Å². The fraction of sp³-hybridized carbons (Fsp3) is 0.240. The number of carbonyl (C=O) groups is 1. The molecular weight excluding hydrogens is 330 g/mol. The van der Waals surface area contributed by atoms with E-state index in [1.807, 2.05) is 18.2 Å². The minimum Gasteiger partial charge on any atom is -0.353 e. The van der Waals surface area contributed by atoms with Gasteiger partial charge in [-0.25, -0.2) is 0 Å². The second-order valence-corrected chi connectivity index (χ2v) is 7.35. The maximum atomic E-state index is 12.5. The number of nitrogens with one attached hydrogen (secondary N) is 1. The van der Waals surface area contributed by atoms with Gasteiger partial charge < -0.3 is 5.32 Å².